The Labute approximate surface area is 202 Å². The van der Waals surface area contributed by atoms with Gasteiger partial charge in [-0.3, -0.25) is 4.90 Å². The van der Waals surface area contributed by atoms with E-state index >= 15 is 0 Å². The van der Waals surface area contributed by atoms with E-state index in [-0.39, 0.29) is 35.5 Å². The minimum absolute atomic E-state index is 0. The second-order valence-electron chi connectivity index (χ2n) is 8.46. The third-order valence-electron chi connectivity index (χ3n) is 5.93. The lowest BCUT2D eigenvalue weighted by Gasteiger charge is -2.32. The molecule has 32 heavy (non-hydrogen) atoms. The highest BCUT2D eigenvalue weighted by Crippen LogP contribution is 2.30. The molecule has 1 fully saturated rings. The third kappa shape index (κ3) is 5.24. The Morgan fingerprint density at radius 3 is 2.19 bits per heavy atom. The molecular weight excluding hydrogens is 469 g/mol. The van der Waals surface area contributed by atoms with Crippen LogP contribution < -0.4 is 0 Å². The van der Waals surface area contributed by atoms with Crippen molar-refractivity contribution in [2.24, 2.45) is 0 Å². The van der Waals surface area contributed by atoms with E-state index in [1.54, 1.807) is 30.5 Å². The van der Waals surface area contributed by atoms with E-state index in [0.29, 0.717) is 18.0 Å². The second-order valence-corrected chi connectivity index (χ2v) is 10.3. The standard InChI is InChI=1S/C23H29N3O3S.2ClH/c1-17(2)18-4-7-21(8-5-18)30(28,29)26-16-19(15-25-12-10-24(3)11-13-25)22-14-20(27)6-9-23(22)26;;/h4-9,14,16-17,27H,10-13,15H2,1-3H3;2*1H. The molecule has 4 rings (SSSR count). The first-order valence-electron chi connectivity index (χ1n) is 10.3. The summed E-state index contributed by atoms with van der Waals surface area (Å²) in [4.78, 5) is 4.88. The molecule has 1 aromatic heterocycles. The maximum Gasteiger partial charge on any atom is 0.268 e. The molecule has 1 aliphatic rings. The van der Waals surface area contributed by atoms with Gasteiger partial charge in [-0.2, -0.15) is 0 Å². The van der Waals surface area contributed by atoms with Crippen molar-refractivity contribution in [1.82, 2.24) is 13.8 Å². The molecule has 6 nitrogen and oxygen atoms in total. The quantitative estimate of drug-likeness (QED) is 0.566. The van der Waals surface area contributed by atoms with Crippen LogP contribution in [0.25, 0.3) is 10.9 Å². The monoisotopic (exact) mass is 499 g/mol. The van der Waals surface area contributed by atoms with E-state index in [0.717, 1.165) is 42.7 Å². The molecule has 0 aliphatic carbocycles. The molecule has 0 bridgehead atoms. The number of aromatic hydroxyl groups is 1. The first-order chi connectivity index (χ1) is 14.3. The number of phenols is 1. The van der Waals surface area contributed by atoms with Gasteiger partial charge < -0.3 is 10.0 Å². The van der Waals surface area contributed by atoms with Gasteiger partial charge in [-0.05, 0) is 54.4 Å². The van der Waals surface area contributed by atoms with E-state index in [4.69, 9.17) is 0 Å². The molecule has 2 heterocycles. The summed E-state index contributed by atoms with van der Waals surface area (Å²) in [6.07, 6.45) is 1.72. The fourth-order valence-electron chi connectivity index (χ4n) is 3.96. The van der Waals surface area contributed by atoms with Crippen LogP contribution in [-0.2, 0) is 16.6 Å². The Morgan fingerprint density at radius 1 is 0.969 bits per heavy atom. The SMILES string of the molecule is CC(C)c1ccc(S(=O)(=O)n2cc(CN3CCN(C)CC3)c3cc(O)ccc32)cc1.Cl.Cl. The molecule has 3 aromatic rings. The summed E-state index contributed by atoms with van der Waals surface area (Å²) in [5.74, 6) is 0.478. The number of fused-ring (bicyclic) bond motifs is 1. The van der Waals surface area contributed by atoms with Crippen LogP contribution in [-0.4, -0.2) is 60.5 Å². The fraction of sp³-hybridized carbons (Fsp3) is 0.391. The molecule has 0 unspecified atom stereocenters. The predicted molar refractivity (Wildman–Crippen MR) is 134 cm³/mol. The van der Waals surface area contributed by atoms with Crippen LogP contribution in [0.4, 0.5) is 0 Å². The molecule has 0 radical (unpaired) electrons. The molecule has 2 aromatic carbocycles. The minimum Gasteiger partial charge on any atom is -0.508 e. The van der Waals surface area contributed by atoms with Crippen molar-refractivity contribution in [3.8, 4) is 5.75 Å². The maximum absolute atomic E-state index is 13.4. The van der Waals surface area contributed by atoms with Crippen molar-refractivity contribution in [3.63, 3.8) is 0 Å². The summed E-state index contributed by atoms with van der Waals surface area (Å²) in [5.41, 5.74) is 2.60. The molecule has 1 aliphatic heterocycles. The number of hydrogen-bond acceptors (Lipinski definition) is 5. The molecule has 176 valence electrons. The number of hydrogen-bond donors (Lipinski definition) is 1. The summed E-state index contributed by atoms with van der Waals surface area (Å²) in [5, 5.41) is 10.8. The topological polar surface area (TPSA) is 65.8 Å². The summed E-state index contributed by atoms with van der Waals surface area (Å²) >= 11 is 0. The lowest BCUT2D eigenvalue weighted by atomic mass is 10.0. The van der Waals surface area contributed by atoms with Gasteiger partial charge in [-0.1, -0.05) is 26.0 Å². The summed E-state index contributed by atoms with van der Waals surface area (Å²) in [7, 11) is -1.63. The van der Waals surface area contributed by atoms with Gasteiger partial charge in [0.05, 0.1) is 10.4 Å². The van der Waals surface area contributed by atoms with E-state index in [1.165, 1.54) is 10.0 Å². The van der Waals surface area contributed by atoms with E-state index in [2.05, 4.69) is 30.7 Å². The number of aromatic nitrogens is 1. The molecule has 0 spiro atoms. The Kier molecular flexibility index (Phi) is 8.64. The average Bonchev–Trinajstić information content (AvgIpc) is 3.08. The van der Waals surface area contributed by atoms with E-state index in [1.807, 2.05) is 12.1 Å². The largest absolute Gasteiger partial charge is 0.508 e. The van der Waals surface area contributed by atoms with Crippen LogP contribution in [0.2, 0.25) is 0 Å². The Hall–Kier alpha value is -1.77. The fourth-order valence-corrected chi connectivity index (χ4v) is 5.36. The van der Waals surface area contributed by atoms with E-state index in [9.17, 15) is 13.5 Å². The van der Waals surface area contributed by atoms with E-state index < -0.39 is 10.0 Å². The van der Waals surface area contributed by atoms with Gasteiger partial charge in [-0.15, -0.1) is 24.8 Å². The highest BCUT2D eigenvalue weighted by atomic mass is 35.5. The van der Waals surface area contributed by atoms with Gasteiger partial charge in [0.1, 0.15) is 5.75 Å². The van der Waals surface area contributed by atoms with Crippen LogP contribution >= 0.6 is 24.8 Å². The van der Waals surface area contributed by atoms with Gasteiger partial charge in [-0.25, -0.2) is 12.4 Å². The van der Waals surface area contributed by atoms with Crippen molar-refractivity contribution in [1.29, 1.82) is 0 Å². The smallest absolute Gasteiger partial charge is 0.268 e. The lowest BCUT2D eigenvalue weighted by Crippen LogP contribution is -2.43. The number of piperazine rings is 1. The van der Waals surface area contributed by atoms with Crippen LogP contribution in [0.1, 0.15) is 30.9 Å². The van der Waals surface area contributed by atoms with Crippen LogP contribution in [0.3, 0.4) is 0 Å². The van der Waals surface area contributed by atoms with Crippen molar-refractivity contribution in [2.75, 3.05) is 33.2 Å². The summed E-state index contributed by atoms with van der Waals surface area (Å²) in [6.45, 7) is 8.67. The second kappa shape index (κ2) is 10.4. The molecule has 0 saturated carbocycles. The van der Waals surface area contributed by atoms with Gasteiger partial charge >= 0.3 is 0 Å². The number of likely N-dealkylation sites (N-methyl/N-ethyl adjacent to an activating group) is 1. The highest BCUT2D eigenvalue weighted by Gasteiger charge is 2.23. The summed E-state index contributed by atoms with van der Waals surface area (Å²) < 4.78 is 28.2. The van der Waals surface area contributed by atoms with Crippen LogP contribution in [0.15, 0.2) is 53.6 Å². The zero-order chi connectivity index (χ0) is 21.5. The summed E-state index contributed by atoms with van der Waals surface area (Å²) in [6, 6.07) is 12.0. The average molecular weight is 500 g/mol. The number of rotatable bonds is 5. The Balaban J connectivity index is 0.00000181. The normalized spacial score (nSPS) is 15.5. The molecular formula is C23H31Cl2N3O3S. The lowest BCUT2D eigenvalue weighted by molar-refractivity contribution is 0.148. The number of nitrogens with zero attached hydrogens (tertiary/aromatic N) is 3. The molecule has 0 amide bonds. The highest BCUT2D eigenvalue weighted by molar-refractivity contribution is 7.90. The molecule has 1 N–H and O–H groups in total. The molecule has 0 atom stereocenters. The van der Waals surface area contributed by atoms with Crippen LogP contribution in [0, 0.1) is 0 Å². The van der Waals surface area contributed by atoms with Crippen molar-refractivity contribution < 1.29 is 13.5 Å². The van der Waals surface area contributed by atoms with Gasteiger partial charge in [0.15, 0.2) is 0 Å². The number of phenolic OH excluding ortho intramolecular Hbond substituents is 1. The van der Waals surface area contributed by atoms with Crippen molar-refractivity contribution in [3.05, 3.63) is 59.8 Å². The van der Waals surface area contributed by atoms with Crippen LogP contribution in [0.5, 0.6) is 5.75 Å². The minimum atomic E-state index is -3.74. The first kappa shape index (κ1) is 26.5. The van der Waals surface area contributed by atoms with Gasteiger partial charge in [0.2, 0.25) is 0 Å². The number of benzene rings is 2. The number of halogens is 2. The predicted octanol–water partition coefficient (Wildman–Crippen LogP) is 4.30. The Morgan fingerprint density at radius 2 is 1.59 bits per heavy atom. The maximum atomic E-state index is 13.4. The van der Waals surface area contributed by atoms with Crippen molar-refractivity contribution >= 4 is 45.7 Å². The molecule has 1 saturated heterocycles. The van der Waals surface area contributed by atoms with Gasteiger partial charge in [0.25, 0.3) is 10.0 Å². The zero-order valence-corrected chi connectivity index (χ0v) is 21.0. The van der Waals surface area contributed by atoms with Crippen molar-refractivity contribution in [2.45, 2.75) is 31.2 Å². The first-order valence-corrected chi connectivity index (χ1v) is 11.8. The molecule has 9 heteroatoms. The third-order valence-corrected chi connectivity index (χ3v) is 7.62. The van der Waals surface area contributed by atoms with Gasteiger partial charge in [0, 0.05) is 44.3 Å². The zero-order valence-electron chi connectivity index (χ0n) is 18.6. The Bertz CT molecular complexity index is 1150.